The highest BCUT2D eigenvalue weighted by atomic mass is 16.6. The summed E-state index contributed by atoms with van der Waals surface area (Å²) in [6, 6.07) is 24.1. The summed E-state index contributed by atoms with van der Waals surface area (Å²) in [4.78, 5) is 30.1. The first kappa shape index (κ1) is 24.0. The number of amides is 2. The number of rotatable bonds is 5. The van der Waals surface area contributed by atoms with Gasteiger partial charge < -0.3 is 15.4 Å². The van der Waals surface area contributed by atoms with Crippen molar-refractivity contribution in [2.24, 2.45) is 0 Å². The zero-order valence-corrected chi connectivity index (χ0v) is 20.3. The maximum Gasteiger partial charge on any atom is 0.408 e. The van der Waals surface area contributed by atoms with E-state index in [0.717, 1.165) is 22.1 Å². The van der Waals surface area contributed by atoms with E-state index in [-0.39, 0.29) is 5.91 Å². The Morgan fingerprint density at radius 2 is 1.60 bits per heavy atom. The fraction of sp³-hybridized carbons (Fsp3) is 0.207. The predicted molar refractivity (Wildman–Crippen MR) is 139 cm³/mol. The lowest BCUT2D eigenvalue weighted by atomic mass is 9.94. The Labute approximate surface area is 205 Å². The highest BCUT2D eigenvalue weighted by Crippen LogP contribution is 2.33. The molecular weight excluding hydrogens is 438 g/mol. The van der Waals surface area contributed by atoms with Gasteiger partial charge in [0, 0.05) is 17.1 Å². The zero-order valence-electron chi connectivity index (χ0n) is 20.3. The normalized spacial score (nSPS) is 12.1. The molecule has 2 N–H and O–H groups in total. The molecule has 1 unspecified atom stereocenters. The van der Waals surface area contributed by atoms with E-state index in [1.807, 2.05) is 94.4 Å². The number of ether oxygens (including phenoxy) is 1. The number of alkyl carbamates (subject to hydrolysis) is 1. The van der Waals surface area contributed by atoms with E-state index in [1.54, 1.807) is 18.3 Å². The first-order chi connectivity index (χ1) is 16.7. The molecule has 35 heavy (non-hydrogen) atoms. The molecule has 0 aliphatic rings. The van der Waals surface area contributed by atoms with Gasteiger partial charge in [-0.05, 0) is 63.1 Å². The van der Waals surface area contributed by atoms with E-state index in [4.69, 9.17) is 4.74 Å². The molecular formula is C29H29N3O3. The second-order valence-corrected chi connectivity index (χ2v) is 9.41. The van der Waals surface area contributed by atoms with Crippen molar-refractivity contribution in [3.8, 4) is 0 Å². The maximum atomic E-state index is 12.8. The number of nitrogens with zero attached hydrogens (tertiary/aromatic N) is 1. The van der Waals surface area contributed by atoms with E-state index in [2.05, 4.69) is 15.6 Å². The Bertz CT molecular complexity index is 1340. The van der Waals surface area contributed by atoms with Gasteiger partial charge in [-0.15, -0.1) is 0 Å². The topological polar surface area (TPSA) is 80.3 Å². The summed E-state index contributed by atoms with van der Waals surface area (Å²) < 4.78 is 5.55. The number of benzene rings is 3. The fourth-order valence-corrected chi connectivity index (χ4v) is 3.86. The molecule has 0 saturated carbocycles. The average molecular weight is 468 g/mol. The number of pyridine rings is 1. The molecule has 4 rings (SSSR count). The number of aromatic nitrogens is 1. The van der Waals surface area contributed by atoms with Crippen molar-refractivity contribution in [2.45, 2.75) is 39.3 Å². The largest absolute Gasteiger partial charge is 0.444 e. The van der Waals surface area contributed by atoms with Gasteiger partial charge in [0.1, 0.15) is 5.60 Å². The molecule has 178 valence electrons. The van der Waals surface area contributed by atoms with Crippen LogP contribution in [0.5, 0.6) is 0 Å². The minimum absolute atomic E-state index is 0.215. The number of anilines is 1. The number of fused-ring (bicyclic) bond motifs is 1. The minimum atomic E-state index is -0.628. The van der Waals surface area contributed by atoms with Crippen LogP contribution in [0, 0.1) is 6.92 Å². The number of hydrogen-bond acceptors (Lipinski definition) is 4. The highest BCUT2D eigenvalue weighted by molar-refractivity contribution is 6.08. The SMILES string of the molecule is Cc1ccc(C(NC(=O)OC(C)(C)C)c2ccc(NC(=O)c3ccccc3)c3ncccc23)cc1. The van der Waals surface area contributed by atoms with Crippen LogP contribution in [0.25, 0.3) is 10.9 Å². The number of hydrogen-bond donors (Lipinski definition) is 2. The quantitative estimate of drug-likeness (QED) is 0.355. The molecule has 6 heteroatoms. The molecule has 3 aromatic carbocycles. The Morgan fingerprint density at radius 1 is 0.886 bits per heavy atom. The lowest BCUT2D eigenvalue weighted by Gasteiger charge is -2.25. The van der Waals surface area contributed by atoms with Crippen LogP contribution in [-0.4, -0.2) is 22.6 Å². The zero-order chi connectivity index (χ0) is 25.0. The number of carbonyl (C=O) groups is 2. The molecule has 1 atom stereocenters. The van der Waals surface area contributed by atoms with E-state index in [1.165, 1.54) is 0 Å². The maximum absolute atomic E-state index is 12.8. The third kappa shape index (κ3) is 5.84. The summed E-state index contributed by atoms with van der Waals surface area (Å²) in [5.74, 6) is -0.215. The number of carbonyl (C=O) groups excluding carboxylic acids is 2. The Hall–Kier alpha value is -4.19. The van der Waals surface area contributed by atoms with Gasteiger partial charge in [-0.2, -0.15) is 0 Å². The molecule has 0 radical (unpaired) electrons. The van der Waals surface area contributed by atoms with Gasteiger partial charge in [0.25, 0.3) is 5.91 Å². The van der Waals surface area contributed by atoms with Crippen LogP contribution in [0.4, 0.5) is 10.5 Å². The van der Waals surface area contributed by atoms with Crippen LogP contribution in [-0.2, 0) is 4.74 Å². The summed E-state index contributed by atoms with van der Waals surface area (Å²) in [7, 11) is 0. The molecule has 0 aliphatic heterocycles. The molecule has 1 aromatic heterocycles. The van der Waals surface area contributed by atoms with E-state index in [9.17, 15) is 9.59 Å². The second kappa shape index (κ2) is 9.97. The molecule has 0 aliphatic carbocycles. The first-order valence-corrected chi connectivity index (χ1v) is 11.5. The molecule has 2 amide bonds. The summed E-state index contributed by atoms with van der Waals surface area (Å²) in [5, 5.41) is 6.82. The van der Waals surface area contributed by atoms with E-state index in [0.29, 0.717) is 16.8 Å². The third-order valence-corrected chi connectivity index (χ3v) is 5.47. The molecule has 6 nitrogen and oxygen atoms in total. The Kier molecular flexibility index (Phi) is 6.82. The van der Waals surface area contributed by atoms with Gasteiger partial charge in [-0.3, -0.25) is 9.78 Å². The smallest absolute Gasteiger partial charge is 0.408 e. The van der Waals surface area contributed by atoms with Gasteiger partial charge >= 0.3 is 6.09 Å². The monoisotopic (exact) mass is 467 g/mol. The average Bonchev–Trinajstić information content (AvgIpc) is 2.83. The molecule has 0 bridgehead atoms. The summed E-state index contributed by atoms with van der Waals surface area (Å²) in [6.07, 6.45) is 1.17. The van der Waals surface area contributed by atoms with Crippen LogP contribution in [0.1, 0.15) is 53.9 Å². The standard InChI is InChI=1S/C29H29N3O3/c1-19-12-14-20(15-13-19)25(32-28(34)35-29(2,3)4)23-16-17-24(26-22(23)11-8-18-30-26)31-27(33)21-9-6-5-7-10-21/h5-18,25H,1-4H3,(H,31,33)(H,32,34). The van der Waals surface area contributed by atoms with Gasteiger partial charge in [0.05, 0.1) is 17.2 Å². The second-order valence-electron chi connectivity index (χ2n) is 9.41. The van der Waals surface area contributed by atoms with Crippen molar-refractivity contribution in [1.82, 2.24) is 10.3 Å². The summed E-state index contributed by atoms with van der Waals surface area (Å²) in [6.45, 7) is 7.51. The Balaban J connectivity index is 1.76. The van der Waals surface area contributed by atoms with Crippen molar-refractivity contribution >= 4 is 28.6 Å². The van der Waals surface area contributed by atoms with Crippen LogP contribution in [0.15, 0.2) is 85.1 Å². The van der Waals surface area contributed by atoms with Crippen molar-refractivity contribution in [1.29, 1.82) is 0 Å². The molecule has 0 spiro atoms. The van der Waals surface area contributed by atoms with Gasteiger partial charge in [-0.1, -0.05) is 60.2 Å². The van der Waals surface area contributed by atoms with E-state index >= 15 is 0 Å². The van der Waals surface area contributed by atoms with Crippen molar-refractivity contribution in [3.63, 3.8) is 0 Å². The Morgan fingerprint density at radius 3 is 2.29 bits per heavy atom. The van der Waals surface area contributed by atoms with E-state index < -0.39 is 17.7 Å². The van der Waals surface area contributed by atoms with Crippen molar-refractivity contribution < 1.29 is 14.3 Å². The van der Waals surface area contributed by atoms with Crippen molar-refractivity contribution in [3.05, 3.63) is 107 Å². The van der Waals surface area contributed by atoms with Crippen LogP contribution >= 0.6 is 0 Å². The summed E-state index contributed by atoms with van der Waals surface area (Å²) in [5.41, 5.74) is 4.04. The fourth-order valence-electron chi connectivity index (χ4n) is 3.86. The number of nitrogens with one attached hydrogen (secondary N) is 2. The van der Waals surface area contributed by atoms with Gasteiger partial charge in [0.2, 0.25) is 0 Å². The van der Waals surface area contributed by atoms with Crippen LogP contribution in [0.2, 0.25) is 0 Å². The lowest BCUT2D eigenvalue weighted by molar-refractivity contribution is 0.0512. The minimum Gasteiger partial charge on any atom is -0.444 e. The van der Waals surface area contributed by atoms with Crippen LogP contribution in [0.3, 0.4) is 0 Å². The number of aryl methyl sites for hydroxylation is 1. The molecule has 0 saturated heterocycles. The third-order valence-electron chi connectivity index (χ3n) is 5.47. The molecule has 0 fully saturated rings. The van der Waals surface area contributed by atoms with Crippen LogP contribution < -0.4 is 10.6 Å². The molecule has 4 aromatic rings. The van der Waals surface area contributed by atoms with Gasteiger partial charge in [-0.25, -0.2) is 4.79 Å². The lowest BCUT2D eigenvalue weighted by Crippen LogP contribution is -2.35. The summed E-state index contributed by atoms with van der Waals surface area (Å²) >= 11 is 0. The molecule has 1 heterocycles. The predicted octanol–water partition coefficient (Wildman–Crippen LogP) is 6.41. The highest BCUT2D eigenvalue weighted by Gasteiger charge is 2.24. The van der Waals surface area contributed by atoms with Gasteiger partial charge in [0.15, 0.2) is 0 Å². The van der Waals surface area contributed by atoms with Crippen molar-refractivity contribution in [2.75, 3.05) is 5.32 Å². The first-order valence-electron chi connectivity index (χ1n) is 11.5.